The molecule has 53 heavy (non-hydrogen) atoms. The lowest BCUT2D eigenvalue weighted by molar-refractivity contribution is 0.00512. The van der Waals surface area contributed by atoms with E-state index in [1.165, 1.54) is 27.4 Å². The maximum Gasteiger partial charge on any atom is 0.410 e. The summed E-state index contributed by atoms with van der Waals surface area (Å²) in [6, 6.07) is 14.8. The Kier molecular flexibility index (Phi) is 13.3. The molecule has 286 valence electrons. The van der Waals surface area contributed by atoms with Crippen molar-refractivity contribution in [1.29, 1.82) is 0 Å². The predicted molar refractivity (Wildman–Crippen MR) is 200 cm³/mol. The fourth-order valence-corrected chi connectivity index (χ4v) is 9.36. The number of nitrogens with zero attached hydrogens (tertiary/aromatic N) is 5. The molecule has 2 heterocycles. The Morgan fingerprint density at radius 2 is 1.75 bits per heavy atom. The van der Waals surface area contributed by atoms with Gasteiger partial charge in [0.25, 0.3) is 0 Å². The van der Waals surface area contributed by atoms with Crippen molar-refractivity contribution in [3.05, 3.63) is 105 Å². The molecule has 3 aromatic carbocycles. The van der Waals surface area contributed by atoms with Crippen LogP contribution in [-0.2, 0) is 25.9 Å². The summed E-state index contributed by atoms with van der Waals surface area (Å²) in [4.78, 5) is 17.8. The minimum absolute atomic E-state index is 0.00370. The first-order valence-electron chi connectivity index (χ1n) is 17.8. The Bertz CT molecular complexity index is 1870. The number of benzene rings is 3. The van der Waals surface area contributed by atoms with Gasteiger partial charge in [-0.25, -0.2) is 22.0 Å². The Balaban J connectivity index is 1.42. The highest BCUT2D eigenvalue weighted by Crippen LogP contribution is 2.38. The molecule has 2 saturated heterocycles. The average molecular weight is 773 g/mol. The fraction of sp³-hybridized carbons (Fsp3) is 0.500. The second-order valence-electron chi connectivity index (χ2n) is 14.7. The number of rotatable bonds is 12. The topological polar surface area (TPSA) is 137 Å². The Morgan fingerprint density at radius 1 is 1.08 bits per heavy atom. The molecular formula is C38H47ClF2N6O5S. The summed E-state index contributed by atoms with van der Waals surface area (Å²) < 4.78 is 70.2. The van der Waals surface area contributed by atoms with E-state index in [0.717, 1.165) is 30.5 Å². The number of carbonyl (C=O) groups excluding carboxylic acids is 1. The molecule has 1 N–H and O–H groups in total. The summed E-state index contributed by atoms with van der Waals surface area (Å²) in [6.45, 7) is 8.42. The highest BCUT2D eigenvalue weighted by Gasteiger charge is 2.43. The van der Waals surface area contributed by atoms with Crippen LogP contribution in [0.4, 0.5) is 19.3 Å². The number of carbonyl (C=O) groups is 1. The zero-order valence-electron chi connectivity index (χ0n) is 30.4. The van der Waals surface area contributed by atoms with Crippen molar-refractivity contribution in [3.8, 4) is 0 Å². The zero-order chi connectivity index (χ0) is 38.3. The van der Waals surface area contributed by atoms with Gasteiger partial charge in [-0.15, -0.1) is 0 Å². The molecule has 2 fully saturated rings. The van der Waals surface area contributed by atoms with E-state index in [4.69, 9.17) is 21.1 Å². The van der Waals surface area contributed by atoms with E-state index in [0.29, 0.717) is 29.5 Å². The van der Waals surface area contributed by atoms with E-state index in [1.807, 2.05) is 24.3 Å². The molecule has 0 aromatic heterocycles. The van der Waals surface area contributed by atoms with Gasteiger partial charge in [0.05, 0.1) is 10.9 Å². The van der Waals surface area contributed by atoms with Crippen LogP contribution in [0.1, 0.15) is 64.0 Å². The Hall–Kier alpha value is -3.94. The number of amides is 1. The van der Waals surface area contributed by atoms with Gasteiger partial charge in [0.1, 0.15) is 17.2 Å². The Labute approximate surface area is 315 Å². The van der Waals surface area contributed by atoms with Crippen LogP contribution >= 0.6 is 11.6 Å². The van der Waals surface area contributed by atoms with Crippen LogP contribution in [0.2, 0.25) is 5.02 Å². The number of anilines is 1. The van der Waals surface area contributed by atoms with Crippen molar-refractivity contribution >= 4 is 33.4 Å². The molecule has 4 unspecified atom stereocenters. The van der Waals surface area contributed by atoms with E-state index in [9.17, 15) is 23.1 Å². The number of piperazine rings is 1. The fourth-order valence-electron chi connectivity index (χ4n) is 7.40. The smallest absolute Gasteiger partial charge is 0.410 e. The molecule has 5 rings (SSSR count). The van der Waals surface area contributed by atoms with Crippen LogP contribution in [0.15, 0.2) is 76.7 Å². The second kappa shape index (κ2) is 17.5. The molecule has 0 spiro atoms. The molecule has 0 saturated carbocycles. The van der Waals surface area contributed by atoms with Gasteiger partial charge in [-0.05, 0) is 125 Å². The highest BCUT2D eigenvalue weighted by molar-refractivity contribution is 7.89. The van der Waals surface area contributed by atoms with Crippen molar-refractivity contribution < 1.29 is 31.5 Å². The average Bonchev–Trinajstić information content (AvgIpc) is 3.10. The molecule has 4 atom stereocenters. The molecule has 0 radical (unpaired) electrons. The van der Waals surface area contributed by atoms with Crippen LogP contribution in [0, 0.1) is 17.6 Å². The van der Waals surface area contributed by atoms with E-state index < -0.39 is 51.5 Å². The van der Waals surface area contributed by atoms with Crippen LogP contribution in [-0.4, -0.2) is 80.3 Å². The zero-order valence-corrected chi connectivity index (χ0v) is 32.0. The lowest BCUT2D eigenvalue weighted by Gasteiger charge is -2.44. The van der Waals surface area contributed by atoms with Gasteiger partial charge in [-0.2, -0.15) is 4.31 Å². The molecule has 2 aliphatic heterocycles. The van der Waals surface area contributed by atoms with E-state index >= 15 is 4.39 Å². The number of sulfonamides is 1. The monoisotopic (exact) mass is 772 g/mol. The number of azide groups is 1. The number of nitrogens with one attached hydrogen (secondary N) is 1. The van der Waals surface area contributed by atoms with E-state index in [2.05, 4.69) is 15.3 Å². The van der Waals surface area contributed by atoms with E-state index in [-0.39, 0.29) is 49.2 Å². The lowest BCUT2D eigenvalue weighted by atomic mass is 9.77. The summed E-state index contributed by atoms with van der Waals surface area (Å²) in [5, 5.41) is 8.16. The summed E-state index contributed by atoms with van der Waals surface area (Å²) in [6.07, 6.45) is 1.25. The van der Waals surface area contributed by atoms with Crippen LogP contribution in [0.3, 0.4) is 0 Å². The van der Waals surface area contributed by atoms with Gasteiger partial charge in [0, 0.05) is 66.1 Å². The van der Waals surface area contributed by atoms with Crippen molar-refractivity contribution in [2.75, 3.05) is 38.2 Å². The molecule has 11 nitrogen and oxygen atoms in total. The third-order valence-electron chi connectivity index (χ3n) is 9.74. The first-order valence-corrected chi connectivity index (χ1v) is 19.7. The largest absolute Gasteiger partial charge is 0.444 e. The summed E-state index contributed by atoms with van der Waals surface area (Å²) in [5.41, 5.74) is 10.6. The molecular weight excluding hydrogens is 726 g/mol. The summed E-state index contributed by atoms with van der Waals surface area (Å²) >= 11 is 6.20. The van der Waals surface area contributed by atoms with Gasteiger partial charge in [-0.1, -0.05) is 34.9 Å². The molecule has 3 aromatic rings. The standard InChI is InChI=1S/C38H47ClF2N6O5S/c1-25-23-46(37(48)52-38(2,3)4)24-30(47(25)53(49,50)31-15-12-29(40)13-16-31)14-17-32-33(41)6-5-7-34(32)43-22-35(44-45-42)36(27-18-20-51-21-19-27)26-8-10-28(39)11-9-26/h5-13,15-16,25,27,30,35-36,43H,14,17-24H2,1-4H3. The molecule has 15 heteroatoms. The normalized spacial score (nSPS) is 19.9. The first-order chi connectivity index (χ1) is 25.2. The van der Waals surface area contributed by atoms with E-state index in [1.54, 1.807) is 39.8 Å². The number of hydrogen-bond donors (Lipinski definition) is 1. The number of halogens is 3. The van der Waals surface area contributed by atoms with Crippen molar-refractivity contribution in [2.24, 2.45) is 11.0 Å². The maximum absolute atomic E-state index is 15.7. The minimum Gasteiger partial charge on any atom is -0.444 e. The molecule has 2 aliphatic rings. The SMILES string of the molecule is CC1CN(C(=O)OC(C)(C)C)CC(CCc2c(F)cccc2NCC(N=[N+]=[N-])C(c2ccc(Cl)cc2)C2CCOCC2)N1S(=O)(=O)c1ccc(F)cc1. The lowest BCUT2D eigenvalue weighted by Crippen LogP contribution is -2.61. The van der Waals surface area contributed by atoms with Crippen molar-refractivity contribution in [3.63, 3.8) is 0 Å². The quantitative estimate of drug-likeness (QED) is 0.111. The number of hydrogen-bond acceptors (Lipinski definition) is 7. The van der Waals surface area contributed by atoms with Gasteiger partial charge in [0.2, 0.25) is 10.0 Å². The van der Waals surface area contributed by atoms with Crippen molar-refractivity contribution in [1.82, 2.24) is 9.21 Å². The second-order valence-corrected chi connectivity index (χ2v) is 16.9. The van der Waals surface area contributed by atoms with Crippen LogP contribution in [0.25, 0.3) is 10.4 Å². The van der Waals surface area contributed by atoms with Crippen LogP contribution in [0.5, 0.6) is 0 Å². The predicted octanol–water partition coefficient (Wildman–Crippen LogP) is 8.55. The molecule has 1 amide bonds. The van der Waals surface area contributed by atoms with Crippen LogP contribution < -0.4 is 5.32 Å². The molecule has 0 bridgehead atoms. The third-order valence-corrected chi connectivity index (χ3v) is 12.1. The van der Waals surface area contributed by atoms with Gasteiger partial charge >= 0.3 is 6.09 Å². The Morgan fingerprint density at radius 3 is 2.40 bits per heavy atom. The minimum atomic E-state index is -4.15. The molecule has 0 aliphatic carbocycles. The van der Waals surface area contributed by atoms with Gasteiger partial charge in [-0.3, -0.25) is 0 Å². The summed E-state index contributed by atoms with van der Waals surface area (Å²) in [7, 11) is -4.15. The van der Waals surface area contributed by atoms with Gasteiger partial charge < -0.3 is 19.7 Å². The third kappa shape index (κ3) is 10.2. The summed E-state index contributed by atoms with van der Waals surface area (Å²) in [5.74, 6) is -1.05. The van der Waals surface area contributed by atoms with Crippen molar-refractivity contribution in [2.45, 2.75) is 87.9 Å². The maximum atomic E-state index is 15.7. The first kappa shape index (κ1) is 40.2. The highest BCUT2D eigenvalue weighted by atomic mass is 35.5. The van der Waals surface area contributed by atoms with Gasteiger partial charge in [0.15, 0.2) is 0 Å². The number of ether oxygens (including phenoxy) is 2.